The van der Waals surface area contributed by atoms with Crippen LogP contribution in [-0.4, -0.2) is 30.1 Å². The van der Waals surface area contributed by atoms with Crippen molar-refractivity contribution < 1.29 is 0 Å². The Bertz CT molecular complexity index is 158. The molecule has 1 fully saturated rings. The molecule has 0 aliphatic heterocycles. The molecule has 0 spiro atoms. The third kappa shape index (κ3) is 3.25. The van der Waals surface area contributed by atoms with Gasteiger partial charge in [-0.2, -0.15) is 0 Å². The van der Waals surface area contributed by atoms with Gasteiger partial charge in [-0.05, 0) is 39.7 Å². The van der Waals surface area contributed by atoms with E-state index >= 15 is 0 Å². The van der Waals surface area contributed by atoms with Gasteiger partial charge in [0.15, 0.2) is 0 Å². The van der Waals surface area contributed by atoms with Crippen LogP contribution in [0, 0.1) is 0 Å². The quantitative estimate of drug-likeness (QED) is 0.751. The molecular weight excluding hydrogens is 172 g/mol. The van der Waals surface area contributed by atoms with Crippen molar-refractivity contribution in [2.24, 2.45) is 5.73 Å². The highest BCUT2D eigenvalue weighted by atomic mass is 15.2. The molecule has 1 aliphatic rings. The number of nitrogens with zero attached hydrogens (tertiary/aromatic N) is 1. The normalized spacial score (nSPS) is 30.6. The molecular formula is C12H26N2. The minimum Gasteiger partial charge on any atom is -0.328 e. The molecule has 3 unspecified atom stereocenters. The molecule has 1 saturated carbocycles. The van der Waals surface area contributed by atoms with Gasteiger partial charge in [-0.25, -0.2) is 0 Å². The van der Waals surface area contributed by atoms with E-state index in [9.17, 15) is 0 Å². The summed E-state index contributed by atoms with van der Waals surface area (Å²) >= 11 is 0. The van der Waals surface area contributed by atoms with Crippen LogP contribution < -0.4 is 5.73 Å². The molecule has 0 radical (unpaired) electrons. The maximum Gasteiger partial charge on any atom is 0.0110 e. The van der Waals surface area contributed by atoms with Crippen molar-refractivity contribution in [3.8, 4) is 0 Å². The highest BCUT2D eigenvalue weighted by Gasteiger charge is 2.24. The highest BCUT2D eigenvalue weighted by Crippen LogP contribution is 2.23. The second-order valence-corrected chi connectivity index (χ2v) is 4.88. The van der Waals surface area contributed by atoms with Crippen molar-refractivity contribution in [3.63, 3.8) is 0 Å². The minimum absolute atomic E-state index is 0.449. The average molecular weight is 198 g/mol. The molecule has 0 amide bonds. The summed E-state index contributed by atoms with van der Waals surface area (Å²) in [5.41, 5.74) is 6.01. The molecule has 0 aromatic heterocycles. The van der Waals surface area contributed by atoms with Gasteiger partial charge in [0, 0.05) is 18.1 Å². The summed E-state index contributed by atoms with van der Waals surface area (Å²) in [7, 11) is 2.27. The summed E-state index contributed by atoms with van der Waals surface area (Å²) in [6.07, 6.45) is 7.68. The summed E-state index contributed by atoms with van der Waals surface area (Å²) in [4.78, 5) is 2.54. The zero-order valence-electron chi connectivity index (χ0n) is 10.00. The molecule has 1 aliphatic carbocycles. The number of rotatable bonds is 4. The molecule has 3 atom stereocenters. The second-order valence-electron chi connectivity index (χ2n) is 4.88. The monoisotopic (exact) mass is 198 g/mol. The van der Waals surface area contributed by atoms with Crippen molar-refractivity contribution >= 4 is 0 Å². The number of nitrogens with two attached hydrogens (primary N) is 1. The van der Waals surface area contributed by atoms with Crippen LogP contribution in [0.25, 0.3) is 0 Å². The van der Waals surface area contributed by atoms with Gasteiger partial charge in [0.05, 0.1) is 0 Å². The number of hydrogen-bond donors (Lipinski definition) is 1. The lowest BCUT2D eigenvalue weighted by atomic mass is 9.90. The molecule has 0 aromatic carbocycles. The molecule has 84 valence electrons. The Morgan fingerprint density at radius 1 is 1.43 bits per heavy atom. The minimum atomic E-state index is 0.449. The van der Waals surface area contributed by atoms with E-state index in [0.717, 1.165) is 12.1 Å². The fourth-order valence-corrected chi connectivity index (χ4v) is 2.55. The Labute approximate surface area is 88.8 Å². The van der Waals surface area contributed by atoms with Crippen LogP contribution in [0.1, 0.15) is 52.4 Å². The number of hydrogen-bond acceptors (Lipinski definition) is 2. The summed E-state index contributed by atoms with van der Waals surface area (Å²) in [6, 6.07) is 1.90. The second kappa shape index (κ2) is 5.72. The van der Waals surface area contributed by atoms with Crippen LogP contribution in [0.2, 0.25) is 0 Å². The van der Waals surface area contributed by atoms with Crippen molar-refractivity contribution in [2.45, 2.75) is 70.5 Å². The Balaban J connectivity index is 2.38. The van der Waals surface area contributed by atoms with Gasteiger partial charge in [-0.1, -0.05) is 19.8 Å². The fraction of sp³-hybridized carbons (Fsp3) is 1.00. The predicted octanol–water partition coefficient (Wildman–Crippen LogP) is 2.38. The van der Waals surface area contributed by atoms with E-state index in [0.29, 0.717) is 6.04 Å². The first-order valence-corrected chi connectivity index (χ1v) is 6.12. The van der Waals surface area contributed by atoms with E-state index in [1.165, 1.54) is 38.5 Å². The van der Waals surface area contributed by atoms with Crippen LogP contribution >= 0.6 is 0 Å². The van der Waals surface area contributed by atoms with Crippen LogP contribution in [0.15, 0.2) is 0 Å². The van der Waals surface area contributed by atoms with Gasteiger partial charge in [-0.3, -0.25) is 0 Å². The Kier molecular flexibility index (Phi) is 4.90. The Hall–Kier alpha value is -0.0800. The van der Waals surface area contributed by atoms with Gasteiger partial charge in [0.2, 0.25) is 0 Å². The first kappa shape index (κ1) is 12.0. The zero-order valence-corrected chi connectivity index (χ0v) is 10.00. The first-order valence-electron chi connectivity index (χ1n) is 6.12. The van der Waals surface area contributed by atoms with Crippen molar-refractivity contribution in [1.82, 2.24) is 4.90 Å². The van der Waals surface area contributed by atoms with E-state index in [-0.39, 0.29) is 0 Å². The standard InChI is InChI=1S/C12H26N2/c1-4-6-10(2)14(3)12-8-5-7-11(13)9-12/h10-12H,4-9,13H2,1-3H3. The smallest absolute Gasteiger partial charge is 0.0110 e. The third-order valence-corrected chi connectivity index (χ3v) is 3.66. The lowest BCUT2D eigenvalue weighted by Gasteiger charge is -2.37. The van der Waals surface area contributed by atoms with Gasteiger partial charge < -0.3 is 10.6 Å². The summed E-state index contributed by atoms with van der Waals surface area (Å²) in [6.45, 7) is 4.60. The van der Waals surface area contributed by atoms with E-state index in [2.05, 4.69) is 25.8 Å². The molecule has 0 saturated heterocycles. The molecule has 0 aromatic rings. The highest BCUT2D eigenvalue weighted by molar-refractivity contribution is 4.82. The predicted molar refractivity (Wildman–Crippen MR) is 62.4 cm³/mol. The van der Waals surface area contributed by atoms with Gasteiger partial charge >= 0.3 is 0 Å². The molecule has 0 heterocycles. The first-order chi connectivity index (χ1) is 6.65. The van der Waals surface area contributed by atoms with Crippen molar-refractivity contribution in [3.05, 3.63) is 0 Å². The maximum absolute atomic E-state index is 6.01. The van der Waals surface area contributed by atoms with E-state index in [1.54, 1.807) is 0 Å². The molecule has 2 N–H and O–H groups in total. The summed E-state index contributed by atoms with van der Waals surface area (Å²) in [5.74, 6) is 0. The van der Waals surface area contributed by atoms with E-state index in [4.69, 9.17) is 5.73 Å². The summed E-state index contributed by atoms with van der Waals surface area (Å²) < 4.78 is 0. The van der Waals surface area contributed by atoms with Gasteiger partial charge in [-0.15, -0.1) is 0 Å². The van der Waals surface area contributed by atoms with Crippen molar-refractivity contribution in [1.29, 1.82) is 0 Å². The van der Waals surface area contributed by atoms with Crippen LogP contribution in [0.5, 0.6) is 0 Å². The summed E-state index contributed by atoms with van der Waals surface area (Å²) in [5, 5.41) is 0. The molecule has 2 heteroatoms. The van der Waals surface area contributed by atoms with Gasteiger partial charge in [0.25, 0.3) is 0 Å². The molecule has 1 rings (SSSR count). The SMILES string of the molecule is CCCC(C)N(C)C1CCCC(N)C1. The van der Waals surface area contributed by atoms with E-state index in [1.807, 2.05) is 0 Å². The van der Waals surface area contributed by atoms with Crippen LogP contribution in [0.3, 0.4) is 0 Å². The molecule has 14 heavy (non-hydrogen) atoms. The topological polar surface area (TPSA) is 29.3 Å². The largest absolute Gasteiger partial charge is 0.328 e. The lowest BCUT2D eigenvalue weighted by molar-refractivity contribution is 0.132. The van der Waals surface area contributed by atoms with Crippen LogP contribution in [-0.2, 0) is 0 Å². The third-order valence-electron chi connectivity index (χ3n) is 3.66. The Morgan fingerprint density at radius 2 is 2.14 bits per heavy atom. The maximum atomic E-state index is 6.01. The zero-order chi connectivity index (χ0) is 10.6. The van der Waals surface area contributed by atoms with E-state index < -0.39 is 0 Å². The van der Waals surface area contributed by atoms with Gasteiger partial charge in [0.1, 0.15) is 0 Å². The lowest BCUT2D eigenvalue weighted by Crippen LogP contribution is -2.44. The molecule has 0 bridgehead atoms. The van der Waals surface area contributed by atoms with Crippen LogP contribution in [0.4, 0.5) is 0 Å². The molecule has 2 nitrogen and oxygen atoms in total. The van der Waals surface area contributed by atoms with Crippen molar-refractivity contribution in [2.75, 3.05) is 7.05 Å². The fourth-order valence-electron chi connectivity index (χ4n) is 2.55. The average Bonchev–Trinajstić information content (AvgIpc) is 2.17. The Morgan fingerprint density at radius 3 is 2.71 bits per heavy atom.